The molecule has 2 aliphatic rings. The molecule has 3 aromatic carbocycles. The predicted octanol–water partition coefficient (Wildman–Crippen LogP) is 7.66. The number of urea groups is 1. The van der Waals surface area contributed by atoms with E-state index in [1.54, 1.807) is 4.90 Å². The molecule has 2 saturated heterocycles. The fourth-order valence-electron chi connectivity index (χ4n) is 6.75. The lowest BCUT2D eigenvalue weighted by Gasteiger charge is -2.40. The summed E-state index contributed by atoms with van der Waals surface area (Å²) in [5.74, 6) is 1.07. The highest BCUT2D eigenvalue weighted by molar-refractivity contribution is 6.01. The Morgan fingerprint density at radius 3 is 2.27 bits per heavy atom. The van der Waals surface area contributed by atoms with Crippen LogP contribution in [0, 0.1) is 6.92 Å². The number of fused-ring (bicyclic) bond motifs is 3. The summed E-state index contributed by atoms with van der Waals surface area (Å²) < 4.78 is 41.3. The molecule has 0 radical (unpaired) electrons. The number of piperidine rings is 1. The molecule has 2 atom stereocenters. The van der Waals surface area contributed by atoms with Gasteiger partial charge in [0.1, 0.15) is 5.82 Å². The highest BCUT2D eigenvalue weighted by Gasteiger charge is 2.41. The zero-order chi connectivity index (χ0) is 28.6. The van der Waals surface area contributed by atoms with Crippen LogP contribution in [0.3, 0.4) is 0 Å². The summed E-state index contributed by atoms with van der Waals surface area (Å²) in [4.78, 5) is 22.4. The number of anilines is 2. The van der Waals surface area contributed by atoms with E-state index in [0.29, 0.717) is 30.4 Å². The Kier molecular flexibility index (Phi) is 7.46. The zero-order valence-corrected chi connectivity index (χ0v) is 23.0. The minimum Gasteiger partial charge on any atom is -0.325 e. The van der Waals surface area contributed by atoms with Gasteiger partial charge < -0.3 is 9.88 Å². The molecule has 1 N–H and O–H groups in total. The highest BCUT2D eigenvalue weighted by Crippen LogP contribution is 2.42. The second-order valence-corrected chi connectivity index (χ2v) is 11.1. The maximum Gasteiger partial charge on any atom is 0.416 e. The average molecular weight is 562 g/mol. The number of imidazole rings is 1. The molecule has 0 spiro atoms. The number of benzene rings is 3. The van der Waals surface area contributed by atoms with E-state index in [1.165, 1.54) is 30.5 Å². The number of para-hydroxylation sites is 3. The lowest BCUT2D eigenvalue weighted by molar-refractivity contribution is -0.137. The summed E-state index contributed by atoms with van der Waals surface area (Å²) in [7, 11) is 0. The number of rotatable bonds is 7. The number of halogens is 3. The van der Waals surface area contributed by atoms with Crippen molar-refractivity contribution in [3.8, 4) is 0 Å². The number of nitrogens with zero attached hydrogens (tertiary/aromatic N) is 4. The maximum atomic E-state index is 13.3. The Balaban J connectivity index is 1.10. The number of carbonyl (C=O) groups is 1. The van der Waals surface area contributed by atoms with E-state index in [2.05, 4.69) is 39.9 Å². The van der Waals surface area contributed by atoms with Crippen LogP contribution in [0.1, 0.15) is 49.5 Å². The van der Waals surface area contributed by atoms with Gasteiger partial charge in [0.15, 0.2) is 0 Å². The van der Waals surface area contributed by atoms with Crippen molar-refractivity contribution in [2.45, 2.75) is 63.3 Å². The number of aryl methyl sites for hydroxylation is 1. The number of carbonyl (C=O) groups excluding carboxylic acids is 1. The minimum atomic E-state index is -4.42. The van der Waals surface area contributed by atoms with Crippen LogP contribution in [0.5, 0.6) is 0 Å². The number of amides is 2. The minimum absolute atomic E-state index is 0.325. The van der Waals surface area contributed by atoms with Gasteiger partial charge in [0, 0.05) is 42.6 Å². The van der Waals surface area contributed by atoms with E-state index in [4.69, 9.17) is 4.98 Å². The molecular formula is C32H34F3N5O. The monoisotopic (exact) mass is 561 g/mol. The van der Waals surface area contributed by atoms with Gasteiger partial charge in [-0.2, -0.15) is 13.2 Å². The van der Waals surface area contributed by atoms with Crippen LogP contribution in [0.15, 0.2) is 78.9 Å². The van der Waals surface area contributed by atoms with E-state index < -0.39 is 11.7 Å². The van der Waals surface area contributed by atoms with Gasteiger partial charge in [-0.25, -0.2) is 9.78 Å². The van der Waals surface area contributed by atoms with Crippen LogP contribution in [-0.2, 0) is 6.18 Å². The molecule has 0 aliphatic carbocycles. The molecule has 6 nitrogen and oxygen atoms in total. The summed E-state index contributed by atoms with van der Waals surface area (Å²) >= 11 is 0. The van der Waals surface area contributed by atoms with E-state index in [-0.39, 0.29) is 6.03 Å². The van der Waals surface area contributed by atoms with Crippen LogP contribution in [0.4, 0.5) is 29.3 Å². The lowest BCUT2D eigenvalue weighted by atomic mass is 9.96. The third kappa shape index (κ3) is 5.68. The number of aromatic nitrogens is 2. The van der Waals surface area contributed by atoms with Crippen molar-refractivity contribution < 1.29 is 18.0 Å². The van der Waals surface area contributed by atoms with Crippen LogP contribution in [0.25, 0.3) is 11.0 Å². The largest absolute Gasteiger partial charge is 0.416 e. The fourth-order valence-corrected chi connectivity index (χ4v) is 6.75. The molecule has 6 rings (SSSR count). The normalized spacial score (nSPS) is 20.8. The first-order valence-electron chi connectivity index (χ1n) is 14.3. The van der Waals surface area contributed by atoms with Gasteiger partial charge in [0.25, 0.3) is 0 Å². The number of hydrogen-bond acceptors (Lipinski definition) is 3. The zero-order valence-electron chi connectivity index (χ0n) is 23.0. The van der Waals surface area contributed by atoms with Crippen molar-refractivity contribution >= 4 is 28.4 Å². The van der Waals surface area contributed by atoms with Crippen molar-refractivity contribution in [2.75, 3.05) is 23.3 Å². The summed E-state index contributed by atoms with van der Waals surface area (Å²) in [5, 5.41) is 2.78. The van der Waals surface area contributed by atoms with Crippen LogP contribution in [0.2, 0.25) is 0 Å². The first-order valence-corrected chi connectivity index (χ1v) is 14.3. The molecular weight excluding hydrogens is 527 g/mol. The van der Waals surface area contributed by atoms with Gasteiger partial charge in [-0.3, -0.25) is 9.80 Å². The number of alkyl halides is 3. The fraction of sp³-hybridized carbons (Fsp3) is 0.375. The molecule has 3 heterocycles. The SMILES string of the molecule is Cc1nc2ccccc2n1C1C[C@H]2CC[C@H](C1)N2CCCN(C(=O)Nc1ccc(C(F)(F)F)cc1)c1ccccc1. The Morgan fingerprint density at radius 1 is 0.927 bits per heavy atom. The highest BCUT2D eigenvalue weighted by atomic mass is 19.4. The number of hydrogen-bond donors (Lipinski definition) is 1. The third-order valence-corrected chi connectivity index (χ3v) is 8.57. The molecule has 4 aromatic rings. The van der Waals surface area contributed by atoms with E-state index in [9.17, 15) is 18.0 Å². The lowest BCUT2D eigenvalue weighted by Crippen LogP contribution is -2.45. The van der Waals surface area contributed by atoms with Crippen LogP contribution < -0.4 is 10.2 Å². The second-order valence-electron chi connectivity index (χ2n) is 11.1. The molecule has 9 heteroatoms. The predicted molar refractivity (Wildman–Crippen MR) is 155 cm³/mol. The summed E-state index contributed by atoms with van der Waals surface area (Å²) in [6.07, 6.45) is 0.925. The summed E-state index contributed by atoms with van der Waals surface area (Å²) in [6, 6.07) is 23.4. The summed E-state index contributed by atoms with van der Waals surface area (Å²) in [5.41, 5.74) is 2.59. The van der Waals surface area contributed by atoms with Gasteiger partial charge >= 0.3 is 12.2 Å². The van der Waals surface area contributed by atoms with Gasteiger partial charge in [-0.15, -0.1) is 0 Å². The van der Waals surface area contributed by atoms with Gasteiger partial charge in [0.05, 0.1) is 16.6 Å². The van der Waals surface area contributed by atoms with E-state index in [0.717, 1.165) is 55.0 Å². The van der Waals surface area contributed by atoms with Crippen molar-refractivity contribution in [3.63, 3.8) is 0 Å². The van der Waals surface area contributed by atoms with Crippen molar-refractivity contribution in [2.24, 2.45) is 0 Å². The maximum absolute atomic E-state index is 13.3. The van der Waals surface area contributed by atoms with Gasteiger partial charge in [-0.1, -0.05) is 30.3 Å². The van der Waals surface area contributed by atoms with E-state index in [1.807, 2.05) is 36.4 Å². The van der Waals surface area contributed by atoms with E-state index >= 15 is 0 Å². The molecule has 0 unspecified atom stereocenters. The van der Waals surface area contributed by atoms with Gasteiger partial charge in [-0.05, 0) is 87.6 Å². The average Bonchev–Trinajstić information content (AvgIpc) is 3.41. The Bertz CT molecular complexity index is 1490. The number of nitrogens with one attached hydrogen (secondary N) is 1. The molecule has 214 valence electrons. The molecule has 2 bridgehead atoms. The topological polar surface area (TPSA) is 53.4 Å². The first-order chi connectivity index (χ1) is 19.8. The Hall–Kier alpha value is -3.85. The van der Waals surface area contributed by atoms with Crippen molar-refractivity contribution in [1.29, 1.82) is 0 Å². The molecule has 0 saturated carbocycles. The standard InChI is InChI=1S/C32H34F3N5O/c1-22-36-29-10-5-6-11-30(29)40(22)28-20-26-16-17-27(21-28)38(26)18-7-19-39(25-8-3-2-4-9-25)31(41)37-24-14-12-23(13-15-24)32(33,34)35/h2-6,8-15,26-28H,7,16-21H2,1H3,(H,37,41)/t26-,27-/m1/s1. The first kappa shape index (κ1) is 27.3. The molecule has 2 aliphatic heterocycles. The van der Waals surface area contributed by atoms with Crippen molar-refractivity contribution in [3.05, 3.63) is 90.3 Å². The quantitative estimate of drug-likeness (QED) is 0.252. The molecule has 1 aromatic heterocycles. The second kappa shape index (κ2) is 11.2. The molecule has 2 fully saturated rings. The van der Waals surface area contributed by atoms with Crippen LogP contribution in [-0.4, -0.2) is 45.7 Å². The Morgan fingerprint density at radius 2 is 1.59 bits per heavy atom. The third-order valence-electron chi connectivity index (χ3n) is 8.57. The Labute approximate surface area is 237 Å². The summed E-state index contributed by atoms with van der Waals surface area (Å²) in [6.45, 7) is 3.49. The van der Waals surface area contributed by atoms with Crippen LogP contribution >= 0.6 is 0 Å². The molecule has 2 amide bonds. The van der Waals surface area contributed by atoms with Gasteiger partial charge in [0.2, 0.25) is 0 Å². The van der Waals surface area contributed by atoms with Crippen molar-refractivity contribution in [1.82, 2.24) is 14.5 Å². The smallest absolute Gasteiger partial charge is 0.325 e. The molecule has 41 heavy (non-hydrogen) atoms.